The predicted molar refractivity (Wildman–Crippen MR) is 49.5 cm³/mol. The van der Waals surface area contributed by atoms with E-state index < -0.39 is 0 Å². The Kier molecular flexibility index (Phi) is 1.90. The van der Waals surface area contributed by atoms with Crippen LogP contribution in [0.3, 0.4) is 0 Å². The molecule has 0 unspecified atom stereocenters. The summed E-state index contributed by atoms with van der Waals surface area (Å²) >= 11 is 0. The standard InChI is InChI=1S/C7H8N6O/c8-5-3-4(12-13-5)6(14)11-7-9-1-2-10-7/h1-3H,(H3,8,12,13)(H2,9,10,11,14). The number of rotatable bonds is 2. The predicted octanol–water partition coefficient (Wildman–Crippen LogP) is -0.0327. The third kappa shape index (κ3) is 1.56. The molecule has 7 nitrogen and oxygen atoms in total. The maximum atomic E-state index is 11.4. The van der Waals surface area contributed by atoms with Gasteiger partial charge >= 0.3 is 0 Å². The highest BCUT2D eigenvalue weighted by atomic mass is 16.2. The zero-order chi connectivity index (χ0) is 9.97. The lowest BCUT2D eigenvalue weighted by atomic mass is 10.4. The third-order valence-corrected chi connectivity index (χ3v) is 1.57. The molecule has 0 aliphatic rings. The number of carbonyl (C=O) groups excluding carboxylic acids is 1. The van der Waals surface area contributed by atoms with E-state index in [0.717, 1.165) is 0 Å². The molecule has 0 aromatic carbocycles. The summed E-state index contributed by atoms with van der Waals surface area (Å²) in [5.74, 6) is 0.307. The minimum atomic E-state index is -0.343. The highest BCUT2D eigenvalue weighted by molar-refractivity contribution is 6.02. The van der Waals surface area contributed by atoms with Crippen molar-refractivity contribution in [3.8, 4) is 0 Å². The number of nitrogens with zero attached hydrogens (tertiary/aromatic N) is 2. The summed E-state index contributed by atoms with van der Waals surface area (Å²) < 4.78 is 0. The summed E-state index contributed by atoms with van der Waals surface area (Å²) in [6.07, 6.45) is 3.15. The van der Waals surface area contributed by atoms with Gasteiger partial charge in [0, 0.05) is 18.5 Å². The van der Waals surface area contributed by atoms with Crippen LogP contribution in [0, 0.1) is 0 Å². The molecule has 0 bridgehead atoms. The lowest BCUT2D eigenvalue weighted by molar-refractivity contribution is 0.102. The first-order valence-corrected chi connectivity index (χ1v) is 3.87. The van der Waals surface area contributed by atoms with Crippen LogP contribution in [0.15, 0.2) is 18.5 Å². The number of anilines is 2. The van der Waals surface area contributed by atoms with E-state index in [1.165, 1.54) is 12.3 Å². The van der Waals surface area contributed by atoms with Crippen LogP contribution < -0.4 is 11.1 Å². The van der Waals surface area contributed by atoms with Crippen molar-refractivity contribution in [1.82, 2.24) is 20.2 Å². The Labute approximate surface area is 78.7 Å². The Hall–Kier alpha value is -2.31. The van der Waals surface area contributed by atoms with E-state index in [-0.39, 0.29) is 11.7 Å². The lowest BCUT2D eigenvalue weighted by Crippen LogP contribution is -2.13. The molecule has 14 heavy (non-hydrogen) atoms. The Morgan fingerprint density at radius 2 is 2.43 bits per heavy atom. The van der Waals surface area contributed by atoms with Gasteiger partial charge in [0.15, 0.2) is 0 Å². The van der Waals surface area contributed by atoms with Crippen molar-refractivity contribution in [1.29, 1.82) is 0 Å². The van der Waals surface area contributed by atoms with Crippen molar-refractivity contribution >= 4 is 17.7 Å². The van der Waals surface area contributed by atoms with Gasteiger partial charge in [-0.3, -0.25) is 15.2 Å². The highest BCUT2D eigenvalue weighted by Gasteiger charge is 2.09. The van der Waals surface area contributed by atoms with Crippen molar-refractivity contribution in [2.24, 2.45) is 0 Å². The number of carbonyl (C=O) groups is 1. The Morgan fingerprint density at radius 1 is 1.57 bits per heavy atom. The Balaban J connectivity index is 2.10. The van der Waals surface area contributed by atoms with Crippen LogP contribution in [0.4, 0.5) is 11.8 Å². The maximum absolute atomic E-state index is 11.4. The molecule has 7 heteroatoms. The van der Waals surface area contributed by atoms with Gasteiger partial charge in [-0.1, -0.05) is 0 Å². The number of imidazole rings is 1. The van der Waals surface area contributed by atoms with Crippen LogP contribution in [0.2, 0.25) is 0 Å². The van der Waals surface area contributed by atoms with Crippen molar-refractivity contribution in [2.45, 2.75) is 0 Å². The average molecular weight is 192 g/mol. The molecule has 0 aliphatic carbocycles. The summed E-state index contributed by atoms with van der Waals surface area (Å²) in [6.45, 7) is 0. The first kappa shape index (κ1) is 8.30. The molecule has 1 amide bonds. The van der Waals surface area contributed by atoms with E-state index in [1.54, 1.807) is 6.20 Å². The summed E-state index contributed by atoms with van der Waals surface area (Å²) in [5, 5.41) is 8.64. The van der Waals surface area contributed by atoms with Gasteiger partial charge in [-0.2, -0.15) is 5.10 Å². The van der Waals surface area contributed by atoms with E-state index in [4.69, 9.17) is 5.73 Å². The highest BCUT2D eigenvalue weighted by Crippen LogP contribution is 2.03. The monoisotopic (exact) mass is 192 g/mol. The smallest absolute Gasteiger partial charge is 0.276 e. The molecular weight excluding hydrogens is 184 g/mol. The molecule has 2 heterocycles. The number of nitrogen functional groups attached to an aromatic ring is 1. The fourth-order valence-corrected chi connectivity index (χ4v) is 0.962. The molecule has 2 aromatic heterocycles. The molecular formula is C7H8N6O. The van der Waals surface area contributed by atoms with Gasteiger partial charge in [0.25, 0.3) is 5.91 Å². The fourth-order valence-electron chi connectivity index (χ4n) is 0.962. The SMILES string of the molecule is Nc1cc(C(=O)Nc2ncc[nH]2)[nH]n1. The topological polar surface area (TPSA) is 112 Å². The molecule has 0 atom stereocenters. The van der Waals surface area contributed by atoms with E-state index >= 15 is 0 Å². The second-order valence-electron chi connectivity index (χ2n) is 2.60. The van der Waals surface area contributed by atoms with Gasteiger partial charge in [0.1, 0.15) is 11.5 Å². The number of hydrogen-bond donors (Lipinski definition) is 4. The number of nitrogens with two attached hydrogens (primary N) is 1. The maximum Gasteiger partial charge on any atom is 0.276 e. The van der Waals surface area contributed by atoms with Crippen LogP contribution in [-0.2, 0) is 0 Å². The zero-order valence-corrected chi connectivity index (χ0v) is 7.11. The molecule has 2 rings (SSSR count). The van der Waals surface area contributed by atoms with Gasteiger partial charge in [0.2, 0.25) is 5.95 Å². The fraction of sp³-hybridized carbons (Fsp3) is 0. The van der Waals surface area contributed by atoms with Crippen molar-refractivity contribution in [2.75, 3.05) is 11.1 Å². The quantitative estimate of drug-likeness (QED) is 0.535. The molecule has 2 aromatic rings. The van der Waals surface area contributed by atoms with Crippen LogP contribution in [0.5, 0.6) is 0 Å². The van der Waals surface area contributed by atoms with Crippen LogP contribution >= 0.6 is 0 Å². The molecule has 0 aliphatic heterocycles. The molecule has 0 radical (unpaired) electrons. The molecule has 0 saturated heterocycles. The Bertz CT molecular complexity index is 431. The number of aromatic amines is 2. The largest absolute Gasteiger partial charge is 0.382 e. The normalized spacial score (nSPS) is 10.0. The van der Waals surface area contributed by atoms with Gasteiger partial charge in [0.05, 0.1) is 0 Å². The van der Waals surface area contributed by atoms with Crippen LogP contribution in [0.1, 0.15) is 10.5 Å². The lowest BCUT2D eigenvalue weighted by Gasteiger charge is -1.97. The zero-order valence-electron chi connectivity index (χ0n) is 7.11. The number of amides is 1. The summed E-state index contributed by atoms with van der Waals surface area (Å²) in [5.41, 5.74) is 5.63. The molecule has 72 valence electrons. The Morgan fingerprint density at radius 3 is 3.00 bits per heavy atom. The van der Waals surface area contributed by atoms with Crippen molar-refractivity contribution < 1.29 is 4.79 Å². The average Bonchev–Trinajstić information content (AvgIpc) is 2.75. The van der Waals surface area contributed by atoms with Crippen LogP contribution in [-0.4, -0.2) is 26.1 Å². The number of nitrogens with one attached hydrogen (secondary N) is 3. The molecule has 5 N–H and O–H groups in total. The summed E-state index contributed by atoms with van der Waals surface area (Å²) in [7, 11) is 0. The number of hydrogen-bond acceptors (Lipinski definition) is 4. The third-order valence-electron chi connectivity index (χ3n) is 1.57. The second kappa shape index (κ2) is 3.21. The van der Waals surface area contributed by atoms with Crippen molar-refractivity contribution in [3.05, 3.63) is 24.2 Å². The minimum Gasteiger partial charge on any atom is -0.382 e. The molecule has 0 spiro atoms. The minimum absolute atomic E-state index is 0.273. The number of aromatic nitrogens is 4. The van der Waals surface area contributed by atoms with Crippen molar-refractivity contribution in [3.63, 3.8) is 0 Å². The first-order chi connectivity index (χ1) is 6.75. The first-order valence-electron chi connectivity index (χ1n) is 3.87. The summed E-state index contributed by atoms with van der Waals surface area (Å²) in [6, 6.07) is 1.44. The van der Waals surface area contributed by atoms with Gasteiger partial charge in [-0.15, -0.1) is 0 Å². The van der Waals surface area contributed by atoms with Gasteiger partial charge in [-0.25, -0.2) is 4.98 Å². The van der Waals surface area contributed by atoms with E-state index in [1.807, 2.05) is 0 Å². The molecule has 0 fully saturated rings. The van der Waals surface area contributed by atoms with Gasteiger partial charge in [-0.05, 0) is 0 Å². The number of H-pyrrole nitrogens is 2. The molecule has 0 saturated carbocycles. The second-order valence-corrected chi connectivity index (χ2v) is 2.60. The van der Waals surface area contributed by atoms with E-state index in [2.05, 4.69) is 25.5 Å². The van der Waals surface area contributed by atoms with Crippen LogP contribution in [0.25, 0.3) is 0 Å². The summed E-state index contributed by atoms with van der Waals surface area (Å²) in [4.78, 5) is 18.0. The van der Waals surface area contributed by atoms with E-state index in [0.29, 0.717) is 11.6 Å². The van der Waals surface area contributed by atoms with Gasteiger partial charge < -0.3 is 10.7 Å². The van der Waals surface area contributed by atoms with E-state index in [9.17, 15) is 4.79 Å².